The van der Waals surface area contributed by atoms with Gasteiger partial charge in [0.2, 0.25) is 5.91 Å². The molecular weight excluding hydrogens is 352 g/mol. The van der Waals surface area contributed by atoms with E-state index in [4.69, 9.17) is 4.74 Å². The molecule has 0 bridgehead atoms. The van der Waals surface area contributed by atoms with E-state index in [-0.39, 0.29) is 11.8 Å². The van der Waals surface area contributed by atoms with Gasteiger partial charge >= 0.3 is 0 Å². The van der Waals surface area contributed by atoms with E-state index in [0.717, 1.165) is 37.2 Å². The Bertz CT molecular complexity index is 848. The van der Waals surface area contributed by atoms with Crippen LogP contribution in [0.2, 0.25) is 0 Å². The summed E-state index contributed by atoms with van der Waals surface area (Å²) in [7, 11) is 0. The number of rotatable bonds is 7. The van der Waals surface area contributed by atoms with Gasteiger partial charge in [-0.1, -0.05) is 24.8 Å². The molecule has 3 rings (SSSR count). The summed E-state index contributed by atoms with van der Waals surface area (Å²) in [4.78, 5) is 26.3. The van der Waals surface area contributed by atoms with Crippen LogP contribution in [0.1, 0.15) is 28.8 Å². The molecule has 0 saturated carbocycles. The van der Waals surface area contributed by atoms with Gasteiger partial charge in [0.05, 0.1) is 0 Å². The van der Waals surface area contributed by atoms with Crippen molar-refractivity contribution < 1.29 is 14.3 Å². The minimum Gasteiger partial charge on any atom is -0.490 e. The van der Waals surface area contributed by atoms with Crippen molar-refractivity contribution in [1.82, 2.24) is 4.90 Å². The number of carbonyl (C=O) groups is 2. The third kappa shape index (κ3) is 5.33. The highest BCUT2D eigenvalue weighted by Gasteiger charge is 2.19. The lowest BCUT2D eigenvalue weighted by atomic mass is 10.1. The molecular formula is C23H24N2O3. The van der Waals surface area contributed by atoms with Gasteiger partial charge in [-0.05, 0) is 60.9 Å². The Morgan fingerprint density at radius 1 is 1.04 bits per heavy atom. The molecule has 0 atom stereocenters. The van der Waals surface area contributed by atoms with Crippen LogP contribution in [0.3, 0.4) is 0 Å². The molecule has 144 valence electrons. The lowest BCUT2D eigenvalue weighted by molar-refractivity contribution is -0.111. The number of benzene rings is 2. The van der Waals surface area contributed by atoms with Crippen molar-refractivity contribution in [3.05, 3.63) is 78.4 Å². The SMILES string of the molecule is C=CCOc1ccc(C=CC(=O)Nc2ccc(C(=O)N3CCCC3)cc2)cc1. The Kier molecular flexibility index (Phi) is 6.63. The summed E-state index contributed by atoms with van der Waals surface area (Å²) < 4.78 is 5.43. The minimum absolute atomic E-state index is 0.0517. The zero-order valence-electron chi connectivity index (χ0n) is 15.8. The van der Waals surface area contributed by atoms with Gasteiger partial charge in [-0.15, -0.1) is 0 Å². The number of likely N-dealkylation sites (tertiary alicyclic amines) is 1. The molecule has 0 aromatic heterocycles. The quantitative estimate of drug-likeness (QED) is 0.584. The van der Waals surface area contributed by atoms with Crippen molar-refractivity contribution in [3.63, 3.8) is 0 Å². The van der Waals surface area contributed by atoms with Gasteiger partial charge in [-0.3, -0.25) is 9.59 Å². The molecule has 0 radical (unpaired) electrons. The first-order valence-corrected chi connectivity index (χ1v) is 9.38. The normalized spacial score (nSPS) is 13.5. The minimum atomic E-state index is -0.231. The van der Waals surface area contributed by atoms with Gasteiger partial charge in [0, 0.05) is 30.4 Å². The standard InChI is InChI=1S/C23H24N2O3/c1-2-17-28-21-12-5-18(6-13-21)7-14-22(26)24-20-10-8-19(9-11-20)23(27)25-15-3-4-16-25/h2,5-14H,1,3-4,15-17H2,(H,24,26). The van der Waals surface area contributed by atoms with E-state index in [1.165, 1.54) is 6.08 Å². The van der Waals surface area contributed by atoms with Gasteiger partial charge in [-0.2, -0.15) is 0 Å². The van der Waals surface area contributed by atoms with Crippen LogP contribution in [0.25, 0.3) is 6.08 Å². The zero-order valence-corrected chi connectivity index (χ0v) is 15.8. The van der Waals surface area contributed by atoms with Crippen molar-refractivity contribution in [2.24, 2.45) is 0 Å². The number of ether oxygens (including phenoxy) is 1. The van der Waals surface area contributed by atoms with E-state index >= 15 is 0 Å². The summed E-state index contributed by atoms with van der Waals surface area (Å²) in [6.07, 6.45) is 7.03. The molecule has 1 N–H and O–H groups in total. The molecule has 0 unspecified atom stereocenters. The first-order valence-electron chi connectivity index (χ1n) is 9.38. The summed E-state index contributed by atoms with van der Waals surface area (Å²) in [5, 5.41) is 2.80. The van der Waals surface area contributed by atoms with Crippen LogP contribution >= 0.6 is 0 Å². The largest absolute Gasteiger partial charge is 0.490 e. The molecule has 1 heterocycles. The molecule has 0 spiro atoms. The number of carbonyl (C=O) groups excluding carboxylic acids is 2. The molecule has 28 heavy (non-hydrogen) atoms. The fourth-order valence-corrected chi connectivity index (χ4v) is 2.99. The summed E-state index contributed by atoms with van der Waals surface area (Å²) >= 11 is 0. The van der Waals surface area contributed by atoms with Gasteiger partial charge < -0.3 is 15.0 Å². The Labute approximate surface area is 165 Å². The summed E-state index contributed by atoms with van der Waals surface area (Å²) in [6.45, 7) is 5.71. The molecule has 1 aliphatic heterocycles. The predicted octanol–water partition coefficient (Wildman–Crippen LogP) is 4.14. The van der Waals surface area contributed by atoms with E-state index in [1.807, 2.05) is 29.2 Å². The summed E-state index contributed by atoms with van der Waals surface area (Å²) in [6, 6.07) is 14.4. The Balaban J connectivity index is 1.53. The van der Waals surface area contributed by atoms with Crippen LogP contribution in [-0.2, 0) is 4.79 Å². The first kappa shape index (κ1) is 19.4. The second-order valence-electron chi connectivity index (χ2n) is 6.57. The lowest BCUT2D eigenvalue weighted by Crippen LogP contribution is -2.27. The lowest BCUT2D eigenvalue weighted by Gasteiger charge is -2.15. The Morgan fingerprint density at radius 3 is 2.36 bits per heavy atom. The summed E-state index contributed by atoms with van der Waals surface area (Å²) in [5.74, 6) is 0.575. The van der Waals surface area contributed by atoms with Crippen molar-refractivity contribution in [2.75, 3.05) is 25.0 Å². The van der Waals surface area contributed by atoms with Crippen LogP contribution in [0, 0.1) is 0 Å². The monoisotopic (exact) mass is 376 g/mol. The van der Waals surface area contributed by atoms with E-state index in [0.29, 0.717) is 17.9 Å². The Morgan fingerprint density at radius 2 is 1.71 bits per heavy atom. The summed E-state index contributed by atoms with van der Waals surface area (Å²) in [5.41, 5.74) is 2.20. The van der Waals surface area contributed by atoms with E-state index < -0.39 is 0 Å². The van der Waals surface area contributed by atoms with Crippen LogP contribution < -0.4 is 10.1 Å². The fourth-order valence-electron chi connectivity index (χ4n) is 2.99. The van der Waals surface area contributed by atoms with Gasteiger partial charge in [-0.25, -0.2) is 0 Å². The number of nitrogens with one attached hydrogen (secondary N) is 1. The molecule has 5 heteroatoms. The third-order valence-electron chi connectivity index (χ3n) is 4.47. The van der Waals surface area contributed by atoms with Crippen LogP contribution in [0.4, 0.5) is 5.69 Å². The number of amides is 2. The van der Waals surface area contributed by atoms with Gasteiger partial charge in [0.1, 0.15) is 12.4 Å². The molecule has 2 amide bonds. The van der Waals surface area contributed by atoms with Crippen LogP contribution in [0.15, 0.2) is 67.3 Å². The molecule has 5 nitrogen and oxygen atoms in total. The van der Waals surface area contributed by atoms with E-state index in [9.17, 15) is 9.59 Å². The number of anilines is 1. The number of nitrogens with zero attached hydrogens (tertiary/aromatic N) is 1. The molecule has 0 aliphatic carbocycles. The van der Waals surface area contributed by atoms with E-state index in [2.05, 4.69) is 11.9 Å². The maximum Gasteiger partial charge on any atom is 0.253 e. The van der Waals surface area contributed by atoms with Crippen molar-refractivity contribution in [3.8, 4) is 5.75 Å². The highest BCUT2D eigenvalue weighted by Crippen LogP contribution is 2.16. The maximum atomic E-state index is 12.3. The molecule has 1 aliphatic rings. The van der Waals surface area contributed by atoms with Crippen LogP contribution in [0.5, 0.6) is 5.75 Å². The second-order valence-corrected chi connectivity index (χ2v) is 6.57. The van der Waals surface area contributed by atoms with Crippen molar-refractivity contribution >= 4 is 23.6 Å². The Hall–Kier alpha value is -3.34. The fraction of sp³-hybridized carbons (Fsp3) is 0.217. The van der Waals surface area contributed by atoms with E-state index in [1.54, 1.807) is 36.4 Å². The molecule has 1 saturated heterocycles. The van der Waals surface area contributed by atoms with Gasteiger partial charge in [0.15, 0.2) is 0 Å². The molecule has 1 fully saturated rings. The zero-order chi connectivity index (χ0) is 19.8. The molecule has 2 aromatic rings. The van der Waals surface area contributed by atoms with Crippen LogP contribution in [-0.4, -0.2) is 36.4 Å². The highest BCUT2D eigenvalue weighted by molar-refractivity contribution is 6.02. The average molecular weight is 376 g/mol. The third-order valence-corrected chi connectivity index (χ3v) is 4.47. The molecule has 2 aromatic carbocycles. The smallest absolute Gasteiger partial charge is 0.253 e. The topological polar surface area (TPSA) is 58.6 Å². The van der Waals surface area contributed by atoms with Crippen molar-refractivity contribution in [2.45, 2.75) is 12.8 Å². The second kappa shape index (κ2) is 9.55. The predicted molar refractivity (Wildman–Crippen MR) is 111 cm³/mol. The number of hydrogen-bond donors (Lipinski definition) is 1. The number of hydrogen-bond acceptors (Lipinski definition) is 3. The first-order chi connectivity index (χ1) is 13.7. The average Bonchev–Trinajstić information content (AvgIpc) is 3.26. The maximum absolute atomic E-state index is 12.3. The van der Waals surface area contributed by atoms with Gasteiger partial charge in [0.25, 0.3) is 5.91 Å². The van der Waals surface area contributed by atoms with Crippen molar-refractivity contribution in [1.29, 1.82) is 0 Å². The highest BCUT2D eigenvalue weighted by atomic mass is 16.5.